The summed E-state index contributed by atoms with van der Waals surface area (Å²) in [6, 6.07) is 2.20. The van der Waals surface area contributed by atoms with E-state index in [0.29, 0.717) is 6.42 Å². The third-order valence-corrected chi connectivity index (χ3v) is 4.49. The standard InChI is InChI=1S/C21H31N3O2/c1-6-17-14-18(23-15-16(17)2)19(24-12-10-22-11-13-24)8-7-9-20(25)26-21(3,4)5/h1,14-15,19,22H,7-13H2,2-5H3. The number of ether oxygens (including phenoxy) is 1. The van der Waals surface area contributed by atoms with Gasteiger partial charge >= 0.3 is 5.97 Å². The fraction of sp³-hybridized carbons (Fsp3) is 0.619. The summed E-state index contributed by atoms with van der Waals surface area (Å²) in [6.45, 7) is 11.5. The zero-order chi connectivity index (χ0) is 19.2. The number of carbonyl (C=O) groups excluding carboxylic acids is 1. The molecule has 0 amide bonds. The van der Waals surface area contributed by atoms with Gasteiger partial charge in [-0.1, -0.05) is 5.92 Å². The molecule has 1 aliphatic heterocycles. The van der Waals surface area contributed by atoms with E-state index in [2.05, 4.69) is 21.1 Å². The Balaban J connectivity index is 2.07. The molecule has 1 fully saturated rings. The summed E-state index contributed by atoms with van der Waals surface area (Å²) in [5, 5.41) is 3.38. The number of nitrogens with one attached hydrogen (secondary N) is 1. The molecule has 1 aromatic heterocycles. The Labute approximate surface area is 157 Å². The molecule has 26 heavy (non-hydrogen) atoms. The van der Waals surface area contributed by atoms with Gasteiger partial charge in [0.2, 0.25) is 0 Å². The molecule has 0 spiro atoms. The van der Waals surface area contributed by atoms with Gasteiger partial charge in [-0.2, -0.15) is 0 Å². The molecule has 0 bridgehead atoms. The van der Waals surface area contributed by atoms with E-state index in [9.17, 15) is 4.79 Å². The normalized spacial score (nSPS) is 16.7. The lowest BCUT2D eigenvalue weighted by Crippen LogP contribution is -2.45. The first-order valence-corrected chi connectivity index (χ1v) is 9.40. The number of hydrogen-bond donors (Lipinski definition) is 1. The maximum Gasteiger partial charge on any atom is 0.306 e. The molecular formula is C21H31N3O2. The van der Waals surface area contributed by atoms with Gasteiger partial charge in [0.15, 0.2) is 0 Å². The minimum atomic E-state index is -0.435. The minimum Gasteiger partial charge on any atom is -0.460 e. The van der Waals surface area contributed by atoms with Crippen molar-refractivity contribution in [2.75, 3.05) is 26.2 Å². The smallest absolute Gasteiger partial charge is 0.306 e. The quantitative estimate of drug-likeness (QED) is 0.627. The summed E-state index contributed by atoms with van der Waals surface area (Å²) in [5.74, 6) is 2.61. The van der Waals surface area contributed by atoms with Crippen LogP contribution in [0.3, 0.4) is 0 Å². The topological polar surface area (TPSA) is 54.5 Å². The van der Waals surface area contributed by atoms with Crippen LogP contribution in [0.15, 0.2) is 12.3 Å². The molecule has 142 valence electrons. The van der Waals surface area contributed by atoms with Crippen LogP contribution in [-0.2, 0) is 9.53 Å². The van der Waals surface area contributed by atoms with Gasteiger partial charge in [0.05, 0.1) is 11.7 Å². The van der Waals surface area contributed by atoms with Crippen LogP contribution in [0.5, 0.6) is 0 Å². The predicted molar refractivity (Wildman–Crippen MR) is 104 cm³/mol. The molecule has 1 aliphatic rings. The van der Waals surface area contributed by atoms with E-state index >= 15 is 0 Å². The Hall–Kier alpha value is -1.90. The van der Waals surface area contributed by atoms with Crippen LogP contribution in [0.25, 0.3) is 0 Å². The second kappa shape index (κ2) is 9.16. The summed E-state index contributed by atoms with van der Waals surface area (Å²) in [6.07, 6.45) is 9.54. The van der Waals surface area contributed by atoms with E-state index in [-0.39, 0.29) is 12.0 Å². The Bertz CT molecular complexity index is 652. The third kappa shape index (κ3) is 6.12. The number of terminal acetylenes is 1. The largest absolute Gasteiger partial charge is 0.460 e. The first-order chi connectivity index (χ1) is 12.3. The van der Waals surface area contributed by atoms with Crippen molar-refractivity contribution in [2.45, 2.75) is 58.6 Å². The van der Waals surface area contributed by atoms with Crippen LogP contribution >= 0.6 is 0 Å². The van der Waals surface area contributed by atoms with E-state index < -0.39 is 5.60 Å². The second-order valence-electron chi connectivity index (χ2n) is 7.85. The maximum atomic E-state index is 12.0. The van der Waals surface area contributed by atoms with Crippen molar-refractivity contribution in [3.05, 3.63) is 29.1 Å². The monoisotopic (exact) mass is 357 g/mol. The molecule has 5 nitrogen and oxygen atoms in total. The molecule has 0 aliphatic carbocycles. The minimum absolute atomic E-state index is 0.141. The molecule has 1 saturated heterocycles. The summed E-state index contributed by atoms with van der Waals surface area (Å²) in [7, 11) is 0. The third-order valence-electron chi connectivity index (χ3n) is 4.49. The van der Waals surface area contributed by atoms with Gasteiger partial charge in [-0.15, -0.1) is 6.42 Å². The van der Waals surface area contributed by atoms with Gasteiger partial charge in [-0.05, 0) is 52.2 Å². The Morgan fingerprint density at radius 2 is 2.12 bits per heavy atom. The van der Waals surface area contributed by atoms with Crippen LogP contribution in [0.1, 0.15) is 62.9 Å². The van der Waals surface area contributed by atoms with Crippen LogP contribution in [0.4, 0.5) is 0 Å². The highest BCUT2D eigenvalue weighted by Gasteiger charge is 2.24. The summed E-state index contributed by atoms with van der Waals surface area (Å²) in [4.78, 5) is 19.1. The van der Waals surface area contributed by atoms with Crippen LogP contribution in [-0.4, -0.2) is 47.6 Å². The van der Waals surface area contributed by atoms with E-state index in [1.54, 1.807) is 0 Å². The Kier molecular flexibility index (Phi) is 7.19. The number of piperazine rings is 1. The highest BCUT2D eigenvalue weighted by Crippen LogP contribution is 2.27. The number of aromatic nitrogens is 1. The Morgan fingerprint density at radius 1 is 1.42 bits per heavy atom. The number of aryl methyl sites for hydroxylation is 1. The maximum absolute atomic E-state index is 12.0. The summed E-state index contributed by atoms with van der Waals surface area (Å²) < 4.78 is 5.42. The fourth-order valence-corrected chi connectivity index (χ4v) is 3.22. The van der Waals surface area contributed by atoms with Gasteiger partial charge in [0, 0.05) is 44.4 Å². The number of hydrogen-bond acceptors (Lipinski definition) is 5. The molecule has 1 aromatic rings. The van der Waals surface area contributed by atoms with Gasteiger partial charge in [0.25, 0.3) is 0 Å². The van der Waals surface area contributed by atoms with Crippen molar-refractivity contribution in [1.29, 1.82) is 0 Å². The molecule has 1 unspecified atom stereocenters. The van der Waals surface area contributed by atoms with Crippen molar-refractivity contribution < 1.29 is 9.53 Å². The number of pyridine rings is 1. The number of carbonyl (C=O) groups is 1. The fourth-order valence-electron chi connectivity index (χ4n) is 3.22. The van der Waals surface area contributed by atoms with Crippen molar-refractivity contribution in [1.82, 2.24) is 15.2 Å². The first-order valence-electron chi connectivity index (χ1n) is 9.40. The van der Waals surface area contributed by atoms with E-state index in [4.69, 9.17) is 11.2 Å². The number of rotatable bonds is 6. The molecular weight excluding hydrogens is 326 g/mol. The van der Waals surface area contributed by atoms with E-state index in [1.165, 1.54) is 0 Å². The van der Waals surface area contributed by atoms with Crippen LogP contribution in [0.2, 0.25) is 0 Å². The highest BCUT2D eigenvalue weighted by molar-refractivity contribution is 5.69. The van der Waals surface area contributed by atoms with Crippen molar-refractivity contribution in [3.63, 3.8) is 0 Å². The van der Waals surface area contributed by atoms with Crippen molar-refractivity contribution in [2.24, 2.45) is 0 Å². The van der Waals surface area contributed by atoms with E-state index in [1.807, 2.05) is 40.0 Å². The Morgan fingerprint density at radius 3 is 2.73 bits per heavy atom. The van der Waals surface area contributed by atoms with Crippen LogP contribution < -0.4 is 5.32 Å². The van der Waals surface area contributed by atoms with E-state index in [0.717, 1.165) is 55.8 Å². The lowest BCUT2D eigenvalue weighted by atomic mass is 10.0. The van der Waals surface area contributed by atoms with Gasteiger partial charge in [-0.3, -0.25) is 14.7 Å². The number of nitrogens with zero attached hydrogens (tertiary/aromatic N) is 2. The molecule has 0 saturated carbocycles. The first kappa shape index (κ1) is 20.4. The van der Waals surface area contributed by atoms with Crippen molar-refractivity contribution in [3.8, 4) is 12.3 Å². The second-order valence-corrected chi connectivity index (χ2v) is 7.85. The zero-order valence-electron chi connectivity index (χ0n) is 16.5. The van der Waals surface area contributed by atoms with Crippen LogP contribution in [0, 0.1) is 19.3 Å². The predicted octanol–water partition coefficient (Wildman–Crippen LogP) is 2.83. The number of esters is 1. The molecule has 2 rings (SSSR count). The van der Waals surface area contributed by atoms with Crippen molar-refractivity contribution >= 4 is 5.97 Å². The zero-order valence-corrected chi connectivity index (χ0v) is 16.5. The summed E-state index contributed by atoms with van der Waals surface area (Å²) in [5.41, 5.74) is 2.47. The lowest BCUT2D eigenvalue weighted by molar-refractivity contribution is -0.155. The summed E-state index contributed by atoms with van der Waals surface area (Å²) >= 11 is 0. The SMILES string of the molecule is C#Cc1cc(C(CCCC(=O)OC(C)(C)C)N2CCNCC2)ncc1C. The average molecular weight is 357 g/mol. The van der Waals surface area contributed by atoms with Gasteiger partial charge in [-0.25, -0.2) is 0 Å². The lowest BCUT2D eigenvalue weighted by Gasteiger charge is -2.35. The van der Waals surface area contributed by atoms with Gasteiger partial charge < -0.3 is 10.1 Å². The molecule has 1 N–H and O–H groups in total. The highest BCUT2D eigenvalue weighted by atomic mass is 16.6. The molecule has 1 atom stereocenters. The average Bonchev–Trinajstić information content (AvgIpc) is 2.59. The molecule has 5 heteroatoms. The molecule has 0 aromatic carbocycles. The molecule has 0 radical (unpaired) electrons. The van der Waals surface area contributed by atoms with Gasteiger partial charge in [0.1, 0.15) is 5.60 Å². The molecule has 2 heterocycles.